The van der Waals surface area contributed by atoms with Gasteiger partial charge in [0.1, 0.15) is 6.23 Å². The Balaban J connectivity index is 3.47. The largest absolute Gasteiger partial charge is 0.358 e. The van der Waals surface area contributed by atoms with Gasteiger partial charge in [-0.25, -0.2) is 0 Å². The fourth-order valence-corrected chi connectivity index (χ4v) is 0.735. The molecule has 0 aliphatic carbocycles. The van der Waals surface area contributed by atoms with Crippen molar-refractivity contribution in [2.45, 2.75) is 45.9 Å². The second kappa shape index (κ2) is 3.94. The van der Waals surface area contributed by atoms with Gasteiger partial charge in [0, 0.05) is 0 Å². The van der Waals surface area contributed by atoms with Crippen molar-refractivity contribution in [2.75, 3.05) is 0 Å². The molecule has 0 aromatic carbocycles. The highest BCUT2D eigenvalue weighted by molar-refractivity contribution is 4.66. The molecule has 0 spiro atoms. The van der Waals surface area contributed by atoms with Gasteiger partial charge in [0.15, 0.2) is 0 Å². The van der Waals surface area contributed by atoms with Crippen LogP contribution in [0.15, 0.2) is 0 Å². The second-order valence-corrected chi connectivity index (χ2v) is 3.41. The molecule has 2 nitrogen and oxygen atoms in total. The summed E-state index contributed by atoms with van der Waals surface area (Å²) in [6.45, 7) is 7.99. The zero-order chi connectivity index (χ0) is 8.20. The number of rotatable bonds is 3. The van der Waals surface area contributed by atoms with E-state index in [0.29, 0.717) is 0 Å². The van der Waals surface area contributed by atoms with Crippen molar-refractivity contribution in [3.63, 3.8) is 0 Å². The summed E-state index contributed by atoms with van der Waals surface area (Å²) in [6, 6.07) is 0. The van der Waals surface area contributed by atoms with Crippen molar-refractivity contribution in [3.05, 3.63) is 6.42 Å². The maximum atomic E-state index is 5.62. The minimum Gasteiger partial charge on any atom is -0.358 e. The third-order valence-corrected chi connectivity index (χ3v) is 0.973. The highest BCUT2D eigenvalue weighted by Gasteiger charge is 2.14. The predicted molar refractivity (Wildman–Crippen MR) is 43.4 cm³/mol. The van der Waals surface area contributed by atoms with Gasteiger partial charge in [-0.1, -0.05) is 6.92 Å². The summed E-state index contributed by atoms with van der Waals surface area (Å²) < 4.78 is 5.42. The van der Waals surface area contributed by atoms with E-state index in [0.717, 1.165) is 6.42 Å². The summed E-state index contributed by atoms with van der Waals surface area (Å²) in [6.07, 6.45) is 2.68. The highest BCUT2D eigenvalue weighted by atomic mass is 16.5. The fraction of sp³-hybridized carbons (Fsp3) is 0.875. The van der Waals surface area contributed by atoms with Crippen molar-refractivity contribution < 1.29 is 4.74 Å². The van der Waals surface area contributed by atoms with E-state index in [1.165, 1.54) is 0 Å². The van der Waals surface area contributed by atoms with Gasteiger partial charge >= 0.3 is 0 Å². The monoisotopic (exact) mass is 144 g/mol. The molecule has 0 amide bonds. The van der Waals surface area contributed by atoms with Gasteiger partial charge in [0.25, 0.3) is 0 Å². The first-order valence-electron chi connectivity index (χ1n) is 3.67. The standard InChI is InChI=1S/C8H18NO/c1-5-6-7(9)10-8(2,3)4/h5,7H,6,9H2,1-4H3. The van der Waals surface area contributed by atoms with Crippen molar-refractivity contribution >= 4 is 0 Å². The van der Waals surface area contributed by atoms with Crippen molar-refractivity contribution in [1.82, 2.24) is 0 Å². The van der Waals surface area contributed by atoms with Gasteiger partial charge in [0.05, 0.1) is 5.60 Å². The van der Waals surface area contributed by atoms with Crippen LogP contribution in [-0.2, 0) is 4.74 Å². The van der Waals surface area contributed by atoms with E-state index >= 15 is 0 Å². The van der Waals surface area contributed by atoms with Gasteiger partial charge in [0.2, 0.25) is 0 Å². The van der Waals surface area contributed by atoms with Gasteiger partial charge in [-0.05, 0) is 33.6 Å². The molecular weight excluding hydrogens is 126 g/mol. The van der Waals surface area contributed by atoms with Crippen LogP contribution in [0.2, 0.25) is 0 Å². The van der Waals surface area contributed by atoms with E-state index < -0.39 is 0 Å². The molecule has 0 aliphatic heterocycles. The van der Waals surface area contributed by atoms with Crippen LogP contribution >= 0.6 is 0 Å². The summed E-state index contributed by atoms with van der Waals surface area (Å²) in [5.74, 6) is 0. The van der Waals surface area contributed by atoms with Crippen LogP contribution < -0.4 is 5.73 Å². The second-order valence-electron chi connectivity index (χ2n) is 3.41. The third-order valence-electron chi connectivity index (χ3n) is 0.973. The molecule has 1 radical (unpaired) electrons. The summed E-state index contributed by atoms with van der Waals surface area (Å²) in [5, 5.41) is 0. The number of nitrogens with two attached hydrogens (primary N) is 1. The average molecular weight is 144 g/mol. The Morgan fingerprint density at radius 1 is 1.50 bits per heavy atom. The molecule has 0 saturated carbocycles. The Morgan fingerprint density at radius 2 is 2.00 bits per heavy atom. The molecule has 0 rings (SSSR count). The molecule has 0 saturated heterocycles. The van der Waals surface area contributed by atoms with Gasteiger partial charge in [-0.2, -0.15) is 0 Å². The minimum atomic E-state index is -0.148. The highest BCUT2D eigenvalue weighted by Crippen LogP contribution is 2.10. The summed E-state index contributed by atoms with van der Waals surface area (Å²) in [4.78, 5) is 0. The minimum absolute atomic E-state index is 0.123. The third kappa shape index (κ3) is 6.05. The quantitative estimate of drug-likeness (QED) is 0.612. The van der Waals surface area contributed by atoms with Crippen LogP contribution in [0.25, 0.3) is 0 Å². The number of ether oxygens (including phenoxy) is 1. The lowest BCUT2D eigenvalue weighted by molar-refractivity contribution is -0.0564. The van der Waals surface area contributed by atoms with Gasteiger partial charge < -0.3 is 10.5 Å². The van der Waals surface area contributed by atoms with E-state index in [9.17, 15) is 0 Å². The van der Waals surface area contributed by atoms with Crippen LogP contribution in [0, 0.1) is 6.42 Å². The molecule has 2 N–H and O–H groups in total. The predicted octanol–water partition coefficient (Wildman–Crippen LogP) is 1.70. The molecule has 10 heavy (non-hydrogen) atoms. The van der Waals surface area contributed by atoms with E-state index in [1.807, 2.05) is 34.1 Å². The summed E-state index contributed by atoms with van der Waals surface area (Å²) >= 11 is 0. The Morgan fingerprint density at radius 3 is 2.30 bits per heavy atom. The van der Waals surface area contributed by atoms with E-state index in [1.54, 1.807) is 0 Å². The SMILES string of the molecule is C[CH]CC(N)OC(C)(C)C. The van der Waals surface area contributed by atoms with Crippen LogP contribution in [-0.4, -0.2) is 11.8 Å². The van der Waals surface area contributed by atoms with Crippen LogP contribution in [0.3, 0.4) is 0 Å². The lowest BCUT2D eigenvalue weighted by Crippen LogP contribution is -2.33. The Labute approximate surface area is 63.7 Å². The van der Waals surface area contributed by atoms with Gasteiger partial charge in [-0.3, -0.25) is 0 Å². The van der Waals surface area contributed by atoms with Crippen LogP contribution in [0.4, 0.5) is 0 Å². The summed E-state index contributed by atoms with van der Waals surface area (Å²) in [7, 11) is 0. The molecule has 1 unspecified atom stereocenters. The molecular formula is C8H18NO. The molecule has 2 heteroatoms. The number of hydrogen-bond acceptors (Lipinski definition) is 2. The van der Waals surface area contributed by atoms with Crippen LogP contribution in [0.1, 0.15) is 34.1 Å². The zero-order valence-electron chi connectivity index (χ0n) is 7.35. The van der Waals surface area contributed by atoms with Gasteiger partial charge in [-0.15, -0.1) is 0 Å². The smallest absolute Gasteiger partial charge is 0.106 e. The normalized spacial score (nSPS) is 15.3. The first-order valence-corrected chi connectivity index (χ1v) is 3.67. The maximum absolute atomic E-state index is 5.62. The lowest BCUT2D eigenvalue weighted by Gasteiger charge is -2.24. The molecule has 0 bridgehead atoms. The first kappa shape index (κ1) is 9.92. The van der Waals surface area contributed by atoms with Crippen molar-refractivity contribution in [1.29, 1.82) is 0 Å². The Bertz CT molecular complexity index is 85.7. The van der Waals surface area contributed by atoms with E-state index in [-0.39, 0.29) is 11.8 Å². The Kier molecular flexibility index (Phi) is 3.91. The molecule has 61 valence electrons. The number of hydrogen-bond donors (Lipinski definition) is 1. The molecule has 0 aromatic rings. The first-order chi connectivity index (χ1) is 4.45. The fourth-order valence-electron chi connectivity index (χ4n) is 0.735. The van der Waals surface area contributed by atoms with Crippen molar-refractivity contribution in [2.24, 2.45) is 5.73 Å². The maximum Gasteiger partial charge on any atom is 0.106 e. The van der Waals surface area contributed by atoms with Crippen LogP contribution in [0.5, 0.6) is 0 Å². The Hall–Kier alpha value is -0.0800. The zero-order valence-corrected chi connectivity index (χ0v) is 7.35. The average Bonchev–Trinajstić information content (AvgIpc) is 1.59. The summed E-state index contributed by atoms with van der Waals surface area (Å²) in [5.41, 5.74) is 5.49. The molecule has 1 atom stereocenters. The molecule has 0 aliphatic rings. The molecule has 0 aromatic heterocycles. The topological polar surface area (TPSA) is 35.2 Å². The van der Waals surface area contributed by atoms with E-state index in [4.69, 9.17) is 10.5 Å². The molecule has 0 heterocycles. The van der Waals surface area contributed by atoms with E-state index in [2.05, 4.69) is 0 Å². The lowest BCUT2D eigenvalue weighted by atomic mass is 10.2. The molecule has 0 fully saturated rings. The van der Waals surface area contributed by atoms with Crippen molar-refractivity contribution in [3.8, 4) is 0 Å².